The Balaban J connectivity index is 1.53. The van der Waals surface area contributed by atoms with Crippen molar-refractivity contribution in [3.05, 3.63) is 24.3 Å². The molecule has 2 aliphatic heterocycles. The van der Waals surface area contributed by atoms with Crippen molar-refractivity contribution in [3.8, 4) is 5.75 Å². The van der Waals surface area contributed by atoms with Crippen LogP contribution in [0.4, 0.5) is 5.69 Å². The highest BCUT2D eigenvalue weighted by Gasteiger charge is 2.37. The summed E-state index contributed by atoms with van der Waals surface area (Å²) in [6.45, 7) is 2.76. The maximum atomic E-state index is 12.8. The molecule has 3 rings (SSSR count). The molecule has 1 amide bonds. The number of piperidine rings is 1. The molecule has 0 bridgehead atoms. The maximum Gasteiger partial charge on any atom is 0.241 e. The number of rotatable bonds is 7. The van der Waals surface area contributed by atoms with Crippen molar-refractivity contribution < 1.29 is 9.53 Å². The van der Waals surface area contributed by atoms with Gasteiger partial charge in [-0.1, -0.05) is 6.07 Å². The Morgan fingerprint density at radius 2 is 2.12 bits per heavy atom. The summed E-state index contributed by atoms with van der Waals surface area (Å²) < 4.78 is 5.81. The van der Waals surface area contributed by atoms with Crippen molar-refractivity contribution in [1.82, 2.24) is 9.80 Å². The highest BCUT2D eigenvalue weighted by molar-refractivity contribution is 5.95. The van der Waals surface area contributed by atoms with Gasteiger partial charge in [0.1, 0.15) is 5.75 Å². The summed E-state index contributed by atoms with van der Waals surface area (Å²) in [5.41, 5.74) is 0.830. The summed E-state index contributed by atoms with van der Waals surface area (Å²) in [4.78, 5) is 17.3. The van der Waals surface area contributed by atoms with Crippen molar-refractivity contribution in [2.45, 2.75) is 50.6 Å². The number of hydrogen-bond acceptors (Lipinski definition) is 4. The number of carbonyl (C=O) groups is 1. The SMILES string of the molecule is CN(C)CCCOc1cccc(NC(=O)C2CCCC3CCCN32)c1. The van der Waals surface area contributed by atoms with Gasteiger partial charge in [0.15, 0.2) is 0 Å². The summed E-state index contributed by atoms with van der Waals surface area (Å²) >= 11 is 0. The van der Waals surface area contributed by atoms with E-state index in [1.54, 1.807) is 0 Å². The first-order valence-electron chi connectivity index (χ1n) is 9.57. The smallest absolute Gasteiger partial charge is 0.241 e. The van der Waals surface area contributed by atoms with Crippen molar-refractivity contribution in [2.24, 2.45) is 0 Å². The van der Waals surface area contributed by atoms with Crippen molar-refractivity contribution in [1.29, 1.82) is 0 Å². The molecule has 2 unspecified atom stereocenters. The van der Waals surface area contributed by atoms with E-state index >= 15 is 0 Å². The second kappa shape index (κ2) is 8.68. The molecular formula is C20H31N3O2. The lowest BCUT2D eigenvalue weighted by molar-refractivity contribution is -0.123. The quantitative estimate of drug-likeness (QED) is 0.772. The third kappa shape index (κ3) is 4.95. The molecule has 0 aromatic heterocycles. The van der Waals surface area contributed by atoms with Gasteiger partial charge in [0.2, 0.25) is 5.91 Å². The van der Waals surface area contributed by atoms with Crippen molar-refractivity contribution in [3.63, 3.8) is 0 Å². The minimum atomic E-state index is 0.0333. The summed E-state index contributed by atoms with van der Waals surface area (Å²) in [5.74, 6) is 0.954. The fourth-order valence-corrected chi connectivity index (χ4v) is 4.03. The Hall–Kier alpha value is -1.59. The van der Waals surface area contributed by atoms with Gasteiger partial charge in [-0.05, 0) is 71.3 Å². The molecule has 0 spiro atoms. The highest BCUT2D eigenvalue weighted by Crippen LogP contribution is 2.31. The molecule has 138 valence electrons. The Kier molecular flexibility index (Phi) is 6.32. The van der Waals surface area contributed by atoms with Gasteiger partial charge < -0.3 is 15.0 Å². The molecule has 1 aromatic rings. The van der Waals surface area contributed by atoms with Gasteiger partial charge in [0, 0.05) is 24.3 Å². The standard InChI is InChI=1S/C20H31N3O2/c1-22(2)12-6-14-25-18-10-3-7-16(15-18)21-20(24)19-11-4-8-17-9-5-13-23(17)19/h3,7,10,15,17,19H,4-6,8-9,11-14H2,1-2H3,(H,21,24). The zero-order chi connectivity index (χ0) is 17.6. The van der Waals surface area contributed by atoms with Gasteiger partial charge in [-0.15, -0.1) is 0 Å². The fraction of sp³-hybridized carbons (Fsp3) is 0.650. The van der Waals surface area contributed by atoms with Crippen LogP contribution in [0.1, 0.15) is 38.5 Å². The van der Waals surface area contributed by atoms with E-state index < -0.39 is 0 Å². The number of fused-ring (bicyclic) bond motifs is 1. The first-order chi connectivity index (χ1) is 12.1. The molecule has 2 atom stereocenters. The lowest BCUT2D eigenvalue weighted by Gasteiger charge is -2.36. The van der Waals surface area contributed by atoms with Crippen LogP contribution in [0.3, 0.4) is 0 Å². The van der Waals surface area contributed by atoms with E-state index in [1.807, 2.05) is 24.3 Å². The average molecular weight is 345 g/mol. The summed E-state index contributed by atoms with van der Waals surface area (Å²) in [5, 5.41) is 3.10. The third-order valence-electron chi connectivity index (χ3n) is 5.26. The molecule has 2 heterocycles. The molecule has 1 aromatic carbocycles. The zero-order valence-electron chi connectivity index (χ0n) is 15.5. The predicted octanol–water partition coefficient (Wildman–Crippen LogP) is 2.97. The summed E-state index contributed by atoms with van der Waals surface area (Å²) in [6.07, 6.45) is 6.85. The van der Waals surface area contributed by atoms with Gasteiger partial charge in [-0.25, -0.2) is 0 Å². The van der Waals surface area contributed by atoms with Crippen molar-refractivity contribution >= 4 is 11.6 Å². The number of ether oxygens (including phenoxy) is 1. The first-order valence-corrected chi connectivity index (χ1v) is 9.57. The number of nitrogens with zero attached hydrogens (tertiary/aromatic N) is 2. The molecule has 2 saturated heterocycles. The van der Waals surface area contributed by atoms with Crippen LogP contribution in [0.5, 0.6) is 5.75 Å². The van der Waals surface area contributed by atoms with Crippen LogP contribution in [-0.4, -0.2) is 61.6 Å². The van der Waals surface area contributed by atoms with Gasteiger partial charge in [0.25, 0.3) is 0 Å². The van der Waals surface area contributed by atoms with Gasteiger partial charge in [0.05, 0.1) is 12.6 Å². The molecule has 0 aliphatic carbocycles. The molecule has 1 N–H and O–H groups in total. The minimum Gasteiger partial charge on any atom is -0.493 e. The van der Waals surface area contributed by atoms with E-state index in [0.717, 1.165) is 43.8 Å². The Morgan fingerprint density at radius 1 is 1.28 bits per heavy atom. The van der Waals surface area contributed by atoms with Crippen LogP contribution < -0.4 is 10.1 Å². The molecule has 2 fully saturated rings. The topological polar surface area (TPSA) is 44.8 Å². The van der Waals surface area contributed by atoms with Gasteiger partial charge in [-0.2, -0.15) is 0 Å². The normalized spacial score (nSPS) is 23.5. The number of anilines is 1. The molecular weight excluding hydrogens is 314 g/mol. The van der Waals surface area contributed by atoms with Crippen LogP contribution in [0, 0.1) is 0 Å². The van der Waals surface area contributed by atoms with Crippen LogP contribution in [-0.2, 0) is 4.79 Å². The van der Waals surface area contributed by atoms with Gasteiger partial charge in [-0.3, -0.25) is 9.69 Å². The third-order valence-corrected chi connectivity index (χ3v) is 5.26. The van der Waals surface area contributed by atoms with Crippen LogP contribution in [0.2, 0.25) is 0 Å². The van der Waals surface area contributed by atoms with E-state index in [1.165, 1.54) is 19.3 Å². The second-order valence-corrected chi connectivity index (χ2v) is 7.50. The minimum absolute atomic E-state index is 0.0333. The Morgan fingerprint density at radius 3 is 2.96 bits per heavy atom. The fourth-order valence-electron chi connectivity index (χ4n) is 4.03. The van der Waals surface area contributed by atoms with E-state index in [9.17, 15) is 4.79 Å². The predicted molar refractivity (Wildman–Crippen MR) is 101 cm³/mol. The van der Waals surface area contributed by atoms with E-state index in [0.29, 0.717) is 12.6 Å². The van der Waals surface area contributed by atoms with E-state index in [4.69, 9.17) is 4.74 Å². The summed E-state index contributed by atoms with van der Waals surface area (Å²) in [7, 11) is 4.12. The van der Waals surface area contributed by atoms with Crippen LogP contribution in [0.15, 0.2) is 24.3 Å². The maximum absolute atomic E-state index is 12.8. The number of benzene rings is 1. The largest absolute Gasteiger partial charge is 0.493 e. The Bertz CT molecular complexity index is 576. The molecule has 25 heavy (non-hydrogen) atoms. The van der Waals surface area contributed by atoms with Gasteiger partial charge >= 0.3 is 0 Å². The highest BCUT2D eigenvalue weighted by atomic mass is 16.5. The average Bonchev–Trinajstić information content (AvgIpc) is 3.07. The molecule has 5 heteroatoms. The zero-order valence-corrected chi connectivity index (χ0v) is 15.5. The number of hydrogen-bond donors (Lipinski definition) is 1. The molecule has 5 nitrogen and oxygen atoms in total. The number of amides is 1. The molecule has 0 radical (unpaired) electrons. The first kappa shape index (κ1) is 18.2. The van der Waals surface area contributed by atoms with E-state index in [-0.39, 0.29) is 11.9 Å². The van der Waals surface area contributed by atoms with Crippen LogP contribution >= 0.6 is 0 Å². The monoisotopic (exact) mass is 345 g/mol. The lowest BCUT2D eigenvalue weighted by Crippen LogP contribution is -2.49. The molecule has 0 saturated carbocycles. The van der Waals surface area contributed by atoms with E-state index in [2.05, 4.69) is 29.2 Å². The second-order valence-electron chi connectivity index (χ2n) is 7.50. The Labute approximate surface area is 151 Å². The van der Waals surface area contributed by atoms with Crippen molar-refractivity contribution in [2.75, 3.05) is 39.1 Å². The lowest BCUT2D eigenvalue weighted by atomic mass is 9.96. The summed E-state index contributed by atoms with van der Waals surface area (Å²) in [6, 6.07) is 8.41. The number of nitrogens with one attached hydrogen (secondary N) is 1. The molecule has 2 aliphatic rings. The van der Waals surface area contributed by atoms with Crippen LogP contribution in [0.25, 0.3) is 0 Å². The number of carbonyl (C=O) groups excluding carboxylic acids is 1.